The van der Waals surface area contributed by atoms with Crippen LogP contribution in [0.25, 0.3) is 0 Å². The molecule has 7 heteroatoms. The third kappa shape index (κ3) is 2.42. The Kier molecular flexibility index (Phi) is 3.82. The minimum Gasteiger partial charge on any atom is -0.443 e. The molecule has 2 aromatic carbocycles. The van der Waals surface area contributed by atoms with Crippen LogP contribution in [0, 0.1) is 10.1 Å². The summed E-state index contributed by atoms with van der Waals surface area (Å²) < 4.78 is 5.40. The number of imide groups is 1. The quantitative estimate of drug-likeness (QED) is 0.586. The Bertz CT molecular complexity index is 982. The summed E-state index contributed by atoms with van der Waals surface area (Å²) in [5, 5.41) is 11.9. The Morgan fingerprint density at radius 3 is 2.32 bits per heavy atom. The largest absolute Gasteiger partial charge is 0.443 e. The second-order valence-electron chi connectivity index (χ2n) is 8.13. The Labute approximate surface area is 162 Å². The van der Waals surface area contributed by atoms with Gasteiger partial charge in [0.15, 0.2) is 5.41 Å². The second kappa shape index (κ2) is 5.89. The van der Waals surface area contributed by atoms with Gasteiger partial charge in [-0.3, -0.25) is 14.9 Å². The van der Waals surface area contributed by atoms with E-state index in [4.69, 9.17) is 4.74 Å². The third-order valence-corrected chi connectivity index (χ3v) is 5.27. The van der Waals surface area contributed by atoms with Crippen molar-refractivity contribution in [2.45, 2.75) is 43.7 Å². The minimum atomic E-state index is -1.39. The van der Waals surface area contributed by atoms with E-state index in [9.17, 15) is 19.7 Å². The van der Waals surface area contributed by atoms with Crippen LogP contribution in [0.5, 0.6) is 0 Å². The highest BCUT2D eigenvalue weighted by Crippen LogP contribution is 2.67. The van der Waals surface area contributed by atoms with Gasteiger partial charge in [-0.2, -0.15) is 0 Å². The molecule has 28 heavy (non-hydrogen) atoms. The lowest BCUT2D eigenvalue weighted by Gasteiger charge is -2.24. The highest BCUT2D eigenvalue weighted by molar-refractivity contribution is 6.23. The summed E-state index contributed by atoms with van der Waals surface area (Å²) in [5.41, 5.74) is -0.627. The molecule has 1 fully saturated rings. The molecule has 0 bridgehead atoms. The molecule has 1 unspecified atom stereocenters. The van der Waals surface area contributed by atoms with Crippen molar-refractivity contribution in [2.75, 3.05) is 4.90 Å². The molecule has 1 aliphatic carbocycles. The first-order chi connectivity index (χ1) is 13.2. The maximum atomic E-state index is 13.5. The van der Waals surface area contributed by atoms with Crippen LogP contribution < -0.4 is 4.90 Å². The Morgan fingerprint density at radius 1 is 1.11 bits per heavy atom. The van der Waals surface area contributed by atoms with Gasteiger partial charge >= 0.3 is 6.09 Å². The SMILES string of the molecule is CC(C)(C)OC(=O)N1C(=O)[C@]2(c3ccccc31)C([N+](=O)[O-])[C@@H]2c1ccccc1. The zero-order valence-electron chi connectivity index (χ0n) is 15.8. The van der Waals surface area contributed by atoms with Gasteiger partial charge in [0.25, 0.3) is 5.91 Å². The maximum Gasteiger partial charge on any atom is 0.421 e. The van der Waals surface area contributed by atoms with Gasteiger partial charge in [-0.25, -0.2) is 9.69 Å². The molecule has 0 radical (unpaired) electrons. The second-order valence-corrected chi connectivity index (χ2v) is 8.13. The van der Waals surface area contributed by atoms with Gasteiger partial charge in [0, 0.05) is 4.92 Å². The molecule has 3 atom stereocenters. The zero-order chi connectivity index (χ0) is 20.3. The average Bonchev–Trinajstić information content (AvgIpc) is 3.26. The number of ether oxygens (including phenoxy) is 1. The lowest BCUT2D eigenvalue weighted by atomic mass is 9.92. The molecule has 1 spiro atoms. The van der Waals surface area contributed by atoms with Gasteiger partial charge in [-0.15, -0.1) is 0 Å². The van der Waals surface area contributed by atoms with E-state index in [0.29, 0.717) is 16.8 Å². The summed E-state index contributed by atoms with van der Waals surface area (Å²) >= 11 is 0. The Balaban J connectivity index is 1.85. The summed E-state index contributed by atoms with van der Waals surface area (Å²) in [6.07, 6.45) is -0.817. The van der Waals surface area contributed by atoms with Crippen molar-refractivity contribution in [2.24, 2.45) is 0 Å². The number of carbonyl (C=O) groups excluding carboxylic acids is 2. The summed E-state index contributed by atoms with van der Waals surface area (Å²) in [4.78, 5) is 38.7. The number of rotatable bonds is 2. The molecule has 4 rings (SSSR count). The van der Waals surface area contributed by atoms with Gasteiger partial charge in [0.2, 0.25) is 6.04 Å². The molecule has 0 N–H and O–H groups in total. The first kappa shape index (κ1) is 18.2. The van der Waals surface area contributed by atoms with E-state index in [0.717, 1.165) is 4.90 Å². The highest BCUT2D eigenvalue weighted by atomic mass is 16.6. The number of nitrogens with zero attached hydrogens (tertiary/aromatic N) is 2. The zero-order valence-corrected chi connectivity index (χ0v) is 15.8. The van der Waals surface area contributed by atoms with Gasteiger partial charge in [0.05, 0.1) is 11.6 Å². The van der Waals surface area contributed by atoms with E-state index in [1.165, 1.54) is 0 Å². The molecule has 1 aliphatic heterocycles. The van der Waals surface area contributed by atoms with Crippen molar-refractivity contribution < 1.29 is 19.2 Å². The topological polar surface area (TPSA) is 89.8 Å². The smallest absolute Gasteiger partial charge is 0.421 e. The molecule has 1 saturated carbocycles. The Morgan fingerprint density at radius 2 is 1.71 bits per heavy atom. The number of fused-ring (bicyclic) bond motifs is 2. The number of amides is 2. The lowest BCUT2D eigenvalue weighted by Crippen LogP contribution is -2.42. The lowest BCUT2D eigenvalue weighted by molar-refractivity contribution is -0.499. The highest BCUT2D eigenvalue weighted by Gasteiger charge is 2.83. The summed E-state index contributed by atoms with van der Waals surface area (Å²) in [5.74, 6) is -1.23. The first-order valence-corrected chi connectivity index (χ1v) is 9.05. The van der Waals surface area contributed by atoms with Crippen molar-refractivity contribution in [1.29, 1.82) is 0 Å². The molecule has 0 saturated heterocycles. The molecule has 144 valence electrons. The van der Waals surface area contributed by atoms with Crippen molar-refractivity contribution >= 4 is 17.7 Å². The van der Waals surface area contributed by atoms with Gasteiger partial charge in [-0.05, 0) is 38.0 Å². The van der Waals surface area contributed by atoms with Crippen molar-refractivity contribution in [3.63, 3.8) is 0 Å². The third-order valence-electron chi connectivity index (χ3n) is 5.27. The van der Waals surface area contributed by atoms with Crippen molar-refractivity contribution in [3.05, 3.63) is 75.8 Å². The van der Waals surface area contributed by atoms with E-state index >= 15 is 0 Å². The van der Waals surface area contributed by atoms with E-state index < -0.39 is 39.9 Å². The molecule has 0 aromatic heterocycles. The molecular weight excluding hydrogens is 360 g/mol. The summed E-state index contributed by atoms with van der Waals surface area (Å²) in [6.45, 7) is 5.12. The first-order valence-electron chi connectivity index (χ1n) is 9.05. The molecule has 1 heterocycles. The van der Waals surface area contributed by atoms with E-state index in [2.05, 4.69) is 0 Å². The number of nitro groups is 1. The fourth-order valence-electron chi connectivity index (χ4n) is 4.27. The van der Waals surface area contributed by atoms with Gasteiger partial charge < -0.3 is 4.74 Å². The molecule has 7 nitrogen and oxygen atoms in total. The summed E-state index contributed by atoms with van der Waals surface area (Å²) in [6, 6.07) is 14.6. The van der Waals surface area contributed by atoms with Gasteiger partial charge in [0.1, 0.15) is 5.60 Å². The fraction of sp³-hybridized carbons (Fsp3) is 0.333. The van der Waals surface area contributed by atoms with E-state index in [1.807, 2.05) is 6.07 Å². The fourth-order valence-corrected chi connectivity index (χ4v) is 4.27. The molecular formula is C21H20N2O5. The number of carbonyl (C=O) groups is 2. The Hall–Kier alpha value is -3.22. The predicted molar refractivity (Wildman–Crippen MR) is 102 cm³/mol. The van der Waals surface area contributed by atoms with Crippen LogP contribution in [0.3, 0.4) is 0 Å². The predicted octanol–water partition coefficient (Wildman–Crippen LogP) is 3.65. The molecule has 2 aromatic rings. The van der Waals surface area contributed by atoms with Crippen molar-refractivity contribution in [1.82, 2.24) is 0 Å². The minimum absolute atomic E-state index is 0.354. The molecule has 2 aliphatic rings. The van der Waals surface area contributed by atoms with Gasteiger partial charge in [-0.1, -0.05) is 48.5 Å². The van der Waals surface area contributed by atoms with Crippen LogP contribution >= 0.6 is 0 Å². The standard InChI is InChI=1S/C21H20N2O5/c1-20(2,3)28-19(25)22-15-12-8-7-11-14(15)21(18(22)24)16(17(21)23(26)27)13-9-5-4-6-10-13/h4-12,16-17H,1-3H3/t16-,17?,21-/m0/s1. The maximum absolute atomic E-state index is 13.5. The van der Waals surface area contributed by atoms with Crippen LogP contribution in [0.2, 0.25) is 0 Å². The van der Waals surface area contributed by atoms with Crippen LogP contribution in [-0.4, -0.2) is 28.6 Å². The van der Waals surface area contributed by atoms with E-state index in [1.54, 1.807) is 69.3 Å². The monoisotopic (exact) mass is 380 g/mol. The van der Waals surface area contributed by atoms with E-state index in [-0.39, 0.29) is 0 Å². The normalized spacial score (nSPS) is 25.5. The number of para-hydroxylation sites is 1. The average molecular weight is 380 g/mol. The van der Waals surface area contributed by atoms with Crippen LogP contribution in [-0.2, 0) is 14.9 Å². The van der Waals surface area contributed by atoms with Crippen LogP contribution in [0.1, 0.15) is 37.8 Å². The number of hydrogen-bond donors (Lipinski definition) is 0. The summed E-state index contributed by atoms with van der Waals surface area (Å²) in [7, 11) is 0. The van der Waals surface area contributed by atoms with Crippen LogP contribution in [0.15, 0.2) is 54.6 Å². The number of anilines is 1. The molecule has 2 amide bonds. The number of hydrogen-bond acceptors (Lipinski definition) is 5. The van der Waals surface area contributed by atoms with Crippen molar-refractivity contribution in [3.8, 4) is 0 Å². The van der Waals surface area contributed by atoms with Crippen LogP contribution in [0.4, 0.5) is 10.5 Å². The number of benzene rings is 2.